The molecule has 4 nitrogen and oxygen atoms in total. The van der Waals surface area contributed by atoms with Crippen LogP contribution in [0.2, 0.25) is 0 Å². The molecule has 0 spiro atoms. The topological polar surface area (TPSA) is 58.4 Å². The number of hydrogen-bond donors (Lipinski definition) is 2. The van der Waals surface area contributed by atoms with Crippen LogP contribution in [0.1, 0.15) is 38.5 Å². The molecule has 2 fully saturated rings. The van der Waals surface area contributed by atoms with Crippen molar-refractivity contribution in [2.45, 2.75) is 50.1 Å². The zero-order valence-corrected chi connectivity index (χ0v) is 16.9. The van der Waals surface area contributed by atoms with E-state index in [2.05, 4.69) is 50.4 Å². The lowest BCUT2D eigenvalue weighted by Gasteiger charge is -2.33. The van der Waals surface area contributed by atoms with Gasteiger partial charge in [0.15, 0.2) is 0 Å². The number of carbonyl (C=O) groups is 1. The number of benzene rings is 1. The van der Waals surface area contributed by atoms with Gasteiger partial charge in [0.1, 0.15) is 0 Å². The summed E-state index contributed by atoms with van der Waals surface area (Å²) in [5, 5.41) is 3.19. The molecule has 136 valence electrons. The largest absolute Gasteiger partial charge is 0.369 e. The van der Waals surface area contributed by atoms with Crippen LogP contribution in [-0.4, -0.2) is 30.6 Å². The second-order valence-electron chi connectivity index (χ2n) is 6.60. The summed E-state index contributed by atoms with van der Waals surface area (Å²) in [5.74, 6) is 0.0508. The zero-order chi connectivity index (χ0) is 15.6. The minimum Gasteiger partial charge on any atom is -0.369 e. The van der Waals surface area contributed by atoms with Crippen molar-refractivity contribution in [1.29, 1.82) is 0 Å². The molecule has 1 heterocycles. The van der Waals surface area contributed by atoms with Gasteiger partial charge in [0, 0.05) is 29.3 Å². The Labute approximate surface area is 164 Å². The molecule has 1 aliphatic carbocycles. The molecule has 2 aliphatic rings. The summed E-state index contributed by atoms with van der Waals surface area (Å²) in [4.78, 5) is 14.8. The Morgan fingerprint density at radius 1 is 1.17 bits per heavy atom. The van der Waals surface area contributed by atoms with Crippen LogP contribution >= 0.6 is 40.7 Å². The highest BCUT2D eigenvalue weighted by Gasteiger charge is 2.37. The molecule has 1 unspecified atom stereocenters. The van der Waals surface area contributed by atoms with Gasteiger partial charge in [-0.05, 0) is 43.5 Å². The van der Waals surface area contributed by atoms with E-state index in [0.29, 0.717) is 0 Å². The third-order valence-electron chi connectivity index (χ3n) is 4.91. The van der Waals surface area contributed by atoms with Gasteiger partial charge in [0.05, 0.1) is 5.54 Å². The maximum Gasteiger partial charge on any atom is 0.240 e. The first-order valence-electron chi connectivity index (χ1n) is 8.17. The van der Waals surface area contributed by atoms with Gasteiger partial charge in [-0.25, -0.2) is 0 Å². The molecule has 1 aromatic carbocycles. The Morgan fingerprint density at radius 2 is 1.79 bits per heavy atom. The van der Waals surface area contributed by atoms with E-state index in [9.17, 15) is 4.79 Å². The molecular weight excluding hydrogens is 413 g/mol. The van der Waals surface area contributed by atoms with Crippen LogP contribution in [0.4, 0.5) is 5.69 Å². The van der Waals surface area contributed by atoms with E-state index < -0.39 is 5.54 Å². The second-order valence-corrected chi connectivity index (χ2v) is 7.51. The van der Waals surface area contributed by atoms with E-state index in [1.54, 1.807) is 0 Å². The highest BCUT2D eigenvalue weighted by atomic mass is 79.9. The van der Waals surface area contributed by atoms with E-state index in [4.69, 9.17) is 5.73 Å². The molecule has 7 heteroatoms. The summed E-state index contributed by atoms with van der Waals surface area (Å²) in [6.07, 6.45) is 5.97. The quantitative estimate of drug-likeness (QED) is 0.757. The predicted octanol–water partition coefficient (Wildman–Crippen LogP) is 3.65. The van der Waals surface area contributed by atoms with Gasteiger partial charge in [-0.2, -0.15) is 0 Å². The molecule has 1 atom stereocenters. The SMILES string of the molecule is Cl.Cl.NC1(C(=O)NC2CCN(c3ccc(Br)cc3)C2)CCCCC1. The van der Waals surface area contributed by atoms with Crippen molar-refractivity contribution in [3.63, 3.8) is 0 Å². The third-order valence-corrected chi connectivity index (χ3v) is 5.44. The van der Waals surface area contributed by atoms with Crippen LogP contribution < -0.4 is 16.0 Å². The van der Waals surface area contributed by atoms with Crippen molar-refractivity contribution in [3.05, 3.63) is 28.7 Å². The molecule has 0 radical (unpaired) electrons. The van der Waals surface area contributed by atoms with E-state index in [1.807, 2.05) is 0 Å². The molecular formula is C17H26BrCl2N3O. The first kappa shape index (κ1) is 21.6. The molecule has 0 bridgehead atoms. The number of nitrogens with two attached hydrogens (primary N) is 1. The van der Waals surface area contributed by atoms with Crippen LogP contribution in [0.5, 0.6) is 0 Å². The number of nitrogens with zero attached hydrogens (tertiary/aromatic N) is 1. The van der Waals surface area contributed by atoms with Gasteiger partial charge in [-0.15, -0.1) is 24.8 Å². The van der Waals surface area contributed by atoms with Crippen LogP contribution in [0, 0.1) is 0 Å². The maximum atomic E-state index is 12.5. The second kappa shape index (κ2) is 9.27. The summed E-state index contributed by atoms with van der Waals surface area (Å²) in [7, 11) is 0. The van der Waals surface area contributed by atoms with Crippen LogP contribution in [0.3, 0.4) is 0 Å². The van der Waals surface area contributed by atoms with Crippen LogP contribution in [0.15, 0.2) is 28.7 Å². The summed E-state index contributed by atoms with van der Waals surface area (Å²) >= 11 is 3.46. The summed E-state index contributed by atoms with van der Waals surface area (Å²) in [5.41, 5.74) is 6.89. The average molecular weight is 439 g/mol. The average Bonchev–Trinajstić information content (AvgIpc) is 2.97. The molecule has 1 saturated heterocycles. The fraction of sp³-hybridized carbons (Fsp3) is 0.588. The minimum absolute atomic E-state index is 0. The molecule has 0 aromatic heterocycles. The number of carbonyl (C=O) groups excluding carboxylic acids is 1. The lowest BCUT2D eigenvalue weighted by Crippen LogP contribution is -2.57. The van der Waals surface area contributed by atoms with Gasteiger partial charge in [0.2, 0.25) is 5.91 Å². The maximum absolute atomic E-state index is 12.5. The van der Waals surface area contributed by atoms with Crippen molar-refractivity contribution >= 4 is 52.3 Å². The van der Waals surface area contributed by atoms with Gasteiger partial charge in [0.25, 0.3) is 0 Å². The lowest BCUT2D eigenvalue weighted by atomic mass is 9.82. The monoisotopic (exact) mass is 437 g/mol. The molecule has 3 rings (SSSR count). The first-order chi connectivity index (χ1) is 10.6. The normalized spacial score (nSPS) is 22.2. The van der Waals surface area contributed by atoms with Gasteiger partial charge >= 0.3 is 0 Å². The van der Waals surface area contributed by atoms with Crippen molar-refractivity contribution < 1.29 is 4.79 Å². The van der Waals surface area contributed by atoms with Gasteiger partial charge in [-0.1, -0.05) is 35.2 Å². The van der Waals surface area contributed by atoms with Gasteiger partial charge in [-0.3, -0.25) is 4.79 Å². The summed E-state index contributed by atoms with van der Waals surface area (Å²) < 4.78 is 1.09. The number of nitrogens with one attached hydrogen (secondary N) is 1. The van der Waals surface area contributed by atoms with Crippen molar-refractivity contribution in [2.24, 2.45) is 5.73 Å². The third kappa shape index (κ3) is 5.01. The fourth-order valence-corrected chi connectivity index (χ4v) is 3.77. The smallest absolute Gasteiger partial charge is 0.240 e. The van der Waals surface area contributed by atoms with Crippen LogP contribution in [0.25, 0.3) is 0 Å². The Balaban J connectivity index is 0.00000144. The molecule has 1 aromatic rings. The molecule has 3 N–H and O–H groups in total. The fourth-order valence-electron chi connectivity index (χ4n) is 3.50. The number of hydrogen-bond acceptors (Lipinski definition) is 3. The molecule has 24 heavy (non-hydrogen) atoms. The number of anilines is 1. The Bertz CT molecular complexity index is 535. The minimum atomic E-state index is -0.636. The Morgan fingerprint density at radius 3 is 2.42 bits per heavy atom. The van der Waals surface area contributed by atoms with Crippen molar-refractivity contribution in [3.8, 4) is 0 Å². The van der Waals surface area contributed by atoms with E-state index >= 15 is 0 Å². The zero-order valence-electron chi connectivity index (χ0n) is 13.7. The van der Waals surface area contributed by atoms with Crippen LogP contribution in [-0.2, 0) is 4.79 Å². The summed E-state index contributed by atoms with van der Waals surface area (Å²) in [6, 6.07) is 8.54. The van der Waals surface area contributed by atoms with Crippen molar-refractivity contribution in [1.82, 2.24) is 5.32 Å². The Kier molecular flexibility index (Phi) is 8.33. The summed E-state index contributed by atoms with van der Waals surface area (Å²) in [6.45, 7) is 1.84. The van der Waals surface area contributed by atoms with Crippen molar-refractivity contribution in [2.75, 3.05) is 18.0 Å². The van der Waals surface area contributed by atoms with E-state index in [-0.39, 0.29) is 36.8 Å². The predicted molar refractivity (Wildman–Crippen MR) is 107 cm³/mol. The first-order valence-corrected chi connectivity index (χ1v) is 8.96. The number of amides is 1. The molecule has 1 aliphatic heterocycles. The van der Waals surface area contributed by atoms with E-state index in [0.717, 1.165) is 49.7 Å². The van der Waals surface area contributed by atoms with Gasteiger partial charge < -0.3 is 16.0 Å². The lowest BCUT2D eigenvalue weighted by molar-refractivity contribution is -0.128. The number of halogens is 3. The molecule has 1 saturated carbocycles. The van der Waals surface area contributed by atoms with E-state index in [1.165, 1.54) is 12.1 Å². The molecule has 1 amide bonds. The highest BCUT2D eigenvalue weighted by molar-refractivity contribution is 9.10. The number of rotatable bonds is 3. The Hall–Kier alpha value is -0.490. The standard InChI is InChI=1S/C17H24BrN3O.2ClH/c18-13-4-6-15(7-5-13)21-11-8-14(12-21)20-16(22)17(19)9-2-1-3-10-17;;/h4-7,14H,1-3,8-12,19H2,(H,20,22);2*1H. The highest BCUT2D eigenvalue weighted by Crippen LogP contribution is 2.27.